The predicted molar refractivity (Wildman–Crippen MR) is 65.8 cm³/mol. The average molecular weight is 257 g/mol. The molecule has 16 heavy (non-hydrogen) atoms. The second-order valence-electron chi connectivity index (χ2n) is 3.85. The Bertz CT molecular complexity index is 373. The molecule has 2 nitrogen and oxygen atoms in total. The van der Waals surface area contributed by atoms with Crippen molar-refractivity contribution in [2.24, 2.45) is 5.92 Å². The Kier molecular flexibility index (Phi) is 3.77. The van der Waals surface area contributed by atoms with Gasteiger partial charge in [-0.25, -0.2) is 0 Å². The van der Waals surface area contributed by atoms with Crippen molar-refractivity contribution >= 4 is 29.3 Å². The number of hydrogen-bond acceptors (Lipinski definition) is 3. The number of halogens is 1. The molecule has 86 valence electrons. The van der Waals surface area contributed by atoms with E-state index in [9.17, 15) is 4.79 Å². The lowest BCUT2D eigenvalue weighted by Crippen LogP contribution is -2.20. The molecular formula is C12H13ClO2S. The molecule has 1 aliphatic rings. The minimum Gasteiger partial charge on any atom is -0.468 e. The number of rotatable bonds is 4. The first-order chi connectivity index (χ1) is 7.70. The lowest BCUT2D eigenvalue weighted by Gasteiger charge is -2.13. The van der Waals surface area contributed by atoms with Crippen LogP contribution in [0.4, 0.5) is 0 Å². The molecule has 1 aliphatic carbocycles. The summed E-state index contributed by atoms with van der Waals surface area (Å²) in [6, 6.07) is 7.55. The zero-order chi connectivity index (χ0) is 11.5. The lowest BCUT2D eigenvalue weighted by atomic mass is 10.3. The summed E-state index contributed by atoms with van der Waals surface area (Å²) < 4.78 is 4.82. The van der Waals surface area contributed by atoms with Gasteiger partial charge in [-0.2, -0.15) is 0 Å². The molecule has 1 unspecified atom stereocenters. The third-order valence-electron chi connectivity index (χ3n) is 2.56. The Labute approximate surface area is 104 Å². The predicted octanol–water partition coefficient (Wildman–Crippen LogP) is 3.38. The van der Waals surface area contributed by atoms with E-state index in [0.717, 1.165) is 17.7 Å². The molecule has 2 rings (SSSR count). The Morgan fingerprint density at radius 1 is 1.44 bits per heavy atom. The van der Waals surface area contributed by atoms with Crippen LogP contribution in [0.5, 0.6) is 0 Å². The minimum atomic E-state index is -0.123. The van der Waals surface area contributed by atoms with E-state index in [4.69, 9.17) is 16.3 Å². The number of carbonyl (C=O) groups is 1. The summed E-state index contributed by atoms with van der Waals surface area (Å²) in [5.41, 5.74) is 0. The van der Waals surface area contributed by atoms with E-state index in [2.05, 4.69) is 0 Å². The fourth-order valence-electron chi connectivity index (χ4n) is 1.51. The highest BCUT2D eigenvalue weighted by Gasteiger charge is 2.37. The van der Waals surface area contributed by atoms with Crippen molar-refractivity contribution in [2.75, 3.05) is 7.11 Å². The molecule has 1 atom stereocenters. The van der Waals surface area contributed by atoms with Gasteiger partial charge in [0.25, 0.3) is 0 Å². The summed E-state index contributed by atoms with van der Waals surface area (Å²) >= 11 is 7.38. The first-order valence-corrected chi connectivity index (χ1v) is 6.46. The molecule has 4 heteroatoms. The van der Waals surface area contributed by atoms with Gasteiger partial charge in [0.2, 0.25) is 0 Å². The summed E-state index contributed by atoms with van der Waals surface area (Å²) in [5, 5.41) is 0.650. The fraction of sp³-hybridized carbons (Fsp3) is 0.417. The second-order valence-corrected chi connectivity index (χ2v) is 5.50. The summed E-state index contributed by atoms with van der Waals surface area (Å²) in [5.74, 6) is 0.357. The van der Waals surface area contributed by atoms with Gasteiger partial charge < -0.3 is 4.74 Å². The van der Waals surface area contributed by atoms with Crippen LogP contribution in [0.25, 0.3) is 0 Å². The smallest absolute Gasteiger partial charge is 0.319 e. The molecule has 0 saturated heterocycles. The van der Waals surface area contributed by atoms with Crippen LogP contribution in [0.2, 0.25) is 5.02 Å². The van der Waals surface area contributed by atoms with Crippen molar-refractivity contribution in [3.63, 3.8) is 0 Å². The number of esters is 1. The third kappa shape index (κ3) is 2.92. The first kappa shape index (κ1) is 11.8. The van der Waals surface area contributed by atoms with Gasteiger partial charge in [0.1, 0.15) is 5.25 Å². The largest absolute Gasteiger partial charge is 0.468 e. The van der Waals surface area contributed by atoms with E-state index in [1.165, 1.54) is 7.11 Å². The molecule has 0 N–H and O–H groups in total. The van der Waals surface area contributed by atoms with Crippen molar-refractivity contribution < 1.29 is 9.53 Å². The van der Waals surface area contributed by atoms with E-state index in [1.807, 2.05) is 24.3 Å². The van der Waals surface area contributed by atoms with Gasteiger partial charge in [-0.1, -0.05) is 11.6 Å². The number of benzene rings is 1. The molecule has 0 radical (unpaired) electrons. The zero-order valence-electron chi connectivity index (χ0n) is 8.98. The Morgan fingerprint density at radius 2 is 2.06 bits per heavy atom. The maximum Gasteiger partial charge on any atom is 0.319 e. The lowest BCUT2D eigenvalue weighted by molar-refractivity contribution is -0.140. The van der Waals surface area contributed by atoms with Crippen molar-refractivity contribution in [2.45, 2.75) is 23.0 Å². The molecule has 1 saturated carbocycles. The Morgan fingerprint density at radius 3 is 2.56 bits per heavy atom. The normalized spacial score (nSPS) is 16.9. The number of carbonyl (C=O) groups excluding carboxylic acids is 1. The quantitative estimate of drug-likeness (QED) is 0.610. The van der Waals surface area contributed by atoms with Gasteiger partial charge in [-0.3, -0.25) is 4.79 Å². The summed E-state index contributed by atoms with van der Waals surface area (Å²) in [4.78, 5) is 12.7. The van der Waals surface area contributed by atoms with Crippen molar-refractivity contribution in [1.29, 1.82) is 0 Å². The highest BCUT2D eigenvalue weighted by Crippen LogP contribution is 2.42. The molecule has 0 spiro atoms. The highest BCUT2D eigenvalue weighted by atomic mass is 35.5. The van der Waals surface area contributed by atoms with Crippen LogP contribution < -0.4 is 0 Å². The van der Waals surface area contributed by atoms with Crippen LogP contribution in [0, 0.1) is 5.92 Å². The first-order valence-electron chi connectivity index (χ1n) is 5.21. The molecule has 0 amide bonds. The molecule has 1 aromatic rings. The number of hydrogen-bond donors (Lipinski definition) is 0. The Hall–Kier alpha value is -0.670. The van der Waals surface area contributed by atoms with Gasteiger partial charge in [0.05, 0.1) is 7.11 Å². The van der Waals surface area contributed by atoms with Crippen LogP contribution >= 0.6 is 23.4 Å². The van der Waals surface area contributed by atoms with Gasteiger partial charge in [-0.15, -0.1) is 11.8 Å². The molecular weight excluding hydrogens is 244 g/mol. The zero-order valence-corrected chi connectivity index (χ0v) is 10.6. The fourth-order valence-corrected chi connectivity index (χ4v) is 2.88. The number of thioether (sulfide) groups is 1. The van der Waals surface area contributed by atoms with Gasteiger partial charge in [-0.05, 0) is 43.0 Å². The van der Waals surface area contributed by atoms with E-state index < -0.39 is 0 Å². The van der Waals surface area contributed by atoms with E-state index in [0.29, 0.717) is 10.9 Å². The number of methoxy groups -OCH3 is 1. The monoisotopic (exact) mass is 256 g/mol. The van der Waals surface area contributed by atoms with E-state index in [-0.39, 0.29) is 11.2 Å². The second kappa shape index (κ2) is 5.11. The molecule has 0 aromatic heterocycles. The van der Waals surface area contributed by atoms with E-state index in [1.54, 1.807) is 11.8 Å². The van der Waals surface area contributed by atoms with Gasteiger partial charge in [0, 0.05) is 9.92 Å². The molecule has 1 aromatic carbocycles. The summed E-state index contributed by atoms with van der Waals surface area (Å²) in [6.45, 7) is 0. The van der Waals surface area contributed by atoms with Crippen LogP contribution in [-0.4, -0.2) is 18.3 Å². The average Bonchev–Trinajstić information content (AvgIpc) is 3.11. The molecule has 0 aliphatic heterocycles. The van der Waals surface area contributed by atoms with Gasteiger partial charge in [0.15, 0.2) is 0 Å². The standard InChI is InChI=1S/C12H13ClO2S/c1-15-12(14)11(8-2-3-8)16-10-6-4-9(13)5-7-10/h4-8,11H,2-3H2,1H3. The minimum absolute atomic E-state index is 0.0637. The van der Waals surface area contributed by atoms with Crippen molar-refractivity contribution in [3.05, 3.63) is 29.3 Å². The summed E-state index contributed by atoms with van der Waals surface area (Å²) in [7, 11) is 1.44. The maximum absolute atomic E-state index is 11.6. The molecule has 1 fully saturated rings. The van der Waals surface area contributed by atoms with Crippen LogP contribution in [0.15, 0.2) is 29.2 Å². The Balaban J connectivity index is 2.05. The van der Waals surface area contributed by atoms with Crippen LogP contribution in [0.3, 0.4) is 0 Å². The van der Waals surface area contributed by atoms with Crippen molar-refractivity contribution in [3.8, 4) is 0 Å². The van der Waals surface area contributed by atoms with Crippen LogP contribution in [-0.2, 0) is 9.53 Å². The third-order valence-corrected chi connectivity index (χ3v) is 4.19. The number of ether oxygens (including phenoxy) is 1. The van der Waals surface area contributed by atoms with E-state index >= 15 is 0 Å². The summed E-state index contributed by atoms with van der Waals surface area (Å²) in [6.07, 6.45) is 2.25. The molecule has 0 heterocycles. The van der Waals surface area contributed by atoms with Crippen LogP contribution in [0.1, 0.15) is 12.8 Å². The highest BCUT2D eigenvalue weighted by molar-refractivity contribution is 8.00. The van der Waals surface area contributed by atoms with Gasteiger partial charge >= 0.3 is 5.97 Å². The van der Waals surface area contributed by atoms with Crippen molar-refractivity contribution in [1.82, 2.24) is 0 Å². The maximum atomic E-state index is 11.6. The SMILES string of the molecule is COC(=O)C(Sc1ccc(Cl)cc1)C1CC1. The topological polar surface area (TPSA) is 26.3 Å². The molecule has 0 bridgehead atoms.